The van der Waals surface area contributed by atoms with Crippen LogP contribution in [0.1, 0.15) is 22.7 Å². The Hall–Kier alpha value is -1.84. The van der Waals surface area contributed by atoms with Gasteiger partial charge in [-0.25, -0.2) is 0 Å². The van der Waals surface area contributed by atoms with Crippen LogP contribution in [0.3, 0.4) is 0 Å². The first-order valence-corrected chi connectivity index (χ1v) is 7.92. The minimum Gasteiger partial charge on any atom is -0.496 e. The molecule has 1 atom stereocenters. The molecule has 108 valence electrons. The average Bonchev–Trinajstić information content (AvgIpc) is 2.90. The van der Waals surface area contributed by atoms with Crippen molar-refractivity contribution < 1.29 is 4.74 Å². The van der Waals surface area contributed by atoms with E-state index >= 15 is 0 Å². The number of hydrogen-bond acceptors (Lipinski definition) is 3. The molecule has 2 N–H and O–H groups in total. The van der Waals surface area contributed by atoms with Gasteiger partial charge in [-0.1, -0.05) is 35.9 Å². The Bertz CT molecular complexity index is 763. The van der Waals surface area contributed by atoms with Crippen molar-refractivity contribution in [3.05, 3.63) is 64.5 Å². The number of methoxy groups -OCH3 is 1. The second kappa shape index (κ2) is 5.88. The van der Waals surface area contributed by atoms with Crippen LogP contribution in [0, 0.1) is 6.92 Å². The van der Waals surface area contributed by atoms with Crippen molar-refractivity contribution in [3.63, 3.8) is 0 Å². The van der Waals surface area contributed by atoms with E-state index in [1.54, 1.807) is 18.4 Å². The molecular formula is C18H19NOS. The van der Waals surface area contributed by atoms with Crippen LogP contribution in [-0.2, 0) is 6.42 Å². The lowest BCUT2D eigenvalue weighted by molar-refractivity contribution is 0.405. The molecule has 0 aliphatic rings. The zero-order valence-electron chi connectivity index (χ0n) is 12.3. The number of ether oxygens (including phenoxy) is 1. The van der Waals surface area contributed by atoms with Gasteiger partial charge in [0.25, 0.3) is 0 Å². The summed E-state index contributed by atoms with van der Waals surface area (Å²) in [7, 11) is 1.70. The Morgan fingerprint density at radius 1 is 1.19 bits per heavy atom. The zero-order valence-corrected chi connectivity index (χ0v) is 13.1. The van der Waals surface area contributed by atoms with Gasteiger partial charge in [0.1, 0.15) is 5.75 Å². The normalized spacial score (nSPS) is 12.5. The number of hydrogen-bond donors (Lipinski definition) is 1. The van der Waals surface area contributed by atoms with Gasteiger partial charge in [-0.2, -0.15) is 0 Å². The fourth-order valence-electron chi connectivity index (χ4n) is 2.68. The van der Waals surface area contributed by atoms with Gasteiger partial charge >= 0.3 is 0 Å². The molecule has 0 spiro atoms. The minimum absolute atomic E-state index is 0.0575. The molecule has 2 nitrogen and oxygen atoms in total. The van der Waals surface area contributed by atoms with Crippen molar-refractivity contribution in [2.75, 3.05) is 7.11 Å². The summed E-state index contributed by atoms with van der Waals surface area (Å²) in [6.07, 6.45) is 0.823. The highest BCUT2D eigenvalue weighted by Crippen LogP contribution is 2.31. The molecular weight excluding hydrogens is 278 g/mol. The van der Waals surface area contributed by atoms with Gasteiger partial charge < -0.3 is 10.5 Å². The third kappa shape index (κ3) is 2.80. The summed E-state index contributed by atoms with van der Waals surface area (Å²) in [5.41, 5.74) is 10.0. The minimum atomic E-state index is -0.0575. The predicted octanol–water partition coefficient (Wildman–Crippen LogP) is 4.46. The first kappa shape index (κ1) is 14.1. The Balaban J connectivity index is 1.93. The molecule has 0 aliphatic heterocycles. The number of thiophene rings is 1. The van der Waals surface area contributed by atoms with Crippen molar-refractivity contribution in [3.8, 4) is 5.75 Å². The summed E-state index contributed by atoms with van der Waals surface area (Å²) in [6, 6.07) is 14.6. The molecule has 0 bridgehead atoms. The molecule has 3 heteroatoms. The van der Waals surface area contributed by atoms with Crippen molar-refractivity contribution >= 4 is 21.4 Å². The zero-order chi connectivity index (χ0) is 14.8. The quantitative estimate of drug-likeness (QED) is 0.771. The van der Waals surface area contributed by atoms with E-state index in [0.29, 0.717) is 0 Å². The molecule has 0 saturated heterocycles. The second-order valence-corrected chi connectivity index (χ2v) is 6.22. The van der Waals surface area contributed by atoms with Crippen molar-refractivity contribution in [1.82, 2.24) is 0 Å². The van der Waals surface area contributed by atoms with Crippen molar-refractivity contribution in [1.29, 1.82) is 0 Å². The van der Waals surface area contributed by atoms with Crippen LogP contribution in [0.25, 0.3) is 10.1 Å². The molecule has 0 radical (unpaired) electrons. The molecule has 1 aromatic heterocycles. The van der Waals surface area contributed by atoms with Crippen LogP contribution in [0.5, 0.6) is 5.75 Å². The molecule has 0 aliphatic carbocycles. The van der Waals surface area contributed by atoms with Gasteiger partial charge in [-0.05, 0) is 41.8 Å². The van der Waals surface area contributed by atoms with E-state index in [2.05, 4.69) is 48.7 Å². The lowest BCUT2D eigenvalue weighted by Gasteiger charge is -2.16. The van der Waals surface area contributed by atoms with Crippen molar-refractivity contribution in [2.24, 2.45) is 5.73 Å². The highest BCUT2D eigenvalue weighted by atomic mass is 32.1. The summed E-state index contributed by atoms with van der Waals surface area (Å²) in [6.45, 7) is 2.08. The highest BCUT2D eigenvalue weighted by molar-refractivity contribution is 7.17. The van der Waals surface area contributed by atoms with Crippen LogP contribution in [0.15, 0.2) is 47.8 Å². The third-order valence-electron chi connectivity index (χ3n) is 3.79. The SMILES string of the molecule is COc1ccc(C)cc1C(N)Cc1csc2ccccc12. The number of benzene rings is 2. The largest absolute Gasteiger partial charge is 0.496 e. The van der Waals surface area contributed by atoms with E-state index in [-0.39, 0.29) is 6.04 Å². The Morgan fingerprint density at radius 3 is 2.81 bits per heavy atom. The van der Waals surface area contributed by atoms with Gasteiger partial charge in [0.05, 0.1) is 7.11 Å². The van der Waals surface area contributed by atoms with Gasteiger partial charge in [-0.3, -0.25) is 0 Å². The second-order valence-electron chi connectivity index (χ2n) is 5.31. The maximum Gasteiger partial charge on any atom is 0.123 e. The lowest BCUT2D eigenvalue weighted by Crippen LogP contribution is -2.14. The van der Waals surface area contributed by atoms with E-state index in [1.807, 2.05) is 6.07 Å². The number of rotatable bonds is 4. The number of aryl methyl sites for hydroxylation is 1. The van der Waals surface area contributed by atoms with Gasteiger partial charge in [-0.15, -0.1) is 11.3 Å². The van der Waals surface area contributed by atoms with E-state index in [1.165, 1.54) is 21.2 Å². The van der Waals surface area contributed by atoms with E-state index in [4.69, 9.17) is 10.5 Å². The van der Waals surface area contributed by atoms with E-state index < -0.39 is 0 Å². The lowest BCUT2D eigenvalue weighted by atomic mass is 9.97. The topological polar surface area (TPSA) is 35.2 Å². The van der Waals surface area contributed by atoms with E-state index in [0.717, 1.165) is 17.7 Å². The van der Waals surface area contributed by atoms with Crippen LogP contribution >= 0.6 is 11.3 Å². The van der Waals surface area contributed by atoms with Crippen LogP contribution in [-0.4, -0.2) is 7.11 Å². The summed E-state index contributed by atoms with van der Waals surface area (Å²) in [5, 5.41) is 3.52. The molecule has 3 rings (SSSR count). The van der Waals surface area contributed by atoms with Gasteiger partial charge in [0.15, 0.2) is 0 Å². The maximum absolute atomic E-state index is 6.45. The fourth-order valence-corrected chi connectivity index (χ4v) is 3.66. The van der Waals surface area contributed by atoms with Crippen LogP contribution in [0.2, 0.25) is 0 Å². The number of fused-ring (bicyclic) bond motifs is 1. The molecule has 1 heterocycles. The average molecular weight is 297 g/mol. The standard InChI is InChI=1S/C18H19NOS/c1-12-7-8-17(20-2)15(9-12)16(19)10-13-11-21-18-6-4-3-5-14(13)18/h3-9,11,16H,10,19H2,1-2H3. The van der Waals surface area contributed by atoms with Crippen LogP contribution in [0.4, 0.5) is 0 Å². The summed E-state index contributed by atoms with van der Waals surface area (Å²) >= 11 is 1.78. The Kier molecular flexibility index (Phi) is 3.95. The maximum atomic E-state index is 6.45. The van der Waals surface area contributed by atoms with Gasteiger partial charge in [0.2, 0.25) is 0 Å². The first-order valence-electron chi connectivity index (χ1n) is 7.04. The molecule has 0 saturated carbocycles. The van der Waals surface area contributed by atoms with Crippen LogP contribution < -0.4 is 10.5 Å². The summed E-state index contributed by atoms with van der Waals surface area (Å²) in [4.78, 5) is 0. The van der Waals surface area contributed by atoms with E-state index in [9.17, 15) is 0 Å². The summed E-state index contributed by atoms with van der Waals surface area (Å²) in [5.74, 6) is 0.868. The monoisotopic (exact) mass is 297 g/mol. The molecule has 21 heavy (non-hydrogen) atoms. The molecule has 0 amide bonds. The Labute approximate surface area is 129 Å². The molecule has 3 aromatic rings. The third-order valence-corrected chi connectivity index (χ3v) is 4.80. The Morgan fingerprint density at radius 2 is 2.00 bits per heavy atom. The predicted molar refractivity (Wildman–Crippen MR) is 90.2 cm³/mol. The summed E-state index contributed by atoms with van der Waals surface area (Å²) < 4.78 is 6.77. The first-order chi connectivity index (χ1) is 10.2. The van der Waals surface area contributed by atoms with Gasteiger partial charge in [0, 0.05) is 16.3 Å². The smallest absolute Gasteiger partial charge is 0.123 e. The number of nitrogens with two attached hydrogens (primary N) is 1. The fraction of sp³-hybridized carbons (Fsp3) is 0.222. The molecule has 0 fully saturated rings. The molecule has 1 unspecified atom stereocenters. The van der Waals surface area contributed by atoms with Crippen molar-refractivity contribution in [2.45, 2.75) is 19.4 Å². The molecule has 2 aromatic carbocycles. The highest BCUT2D eigenvalue weighted by Gasteiger charge is 2.15.